The molecule has 0 radical (unpaired) electrons. The Morgan fingerprint density at radius 1 is 1.47 bits per heavy atom. The van der Waals surface area contributed by atoms with E-state index in [1.807, 2.05) is 0 Å². The summed E-state index contributed by atoms with van der Waals surface area (Å²) in [6, 6.07) is 0. The molecule has 2 nitrogen and oxygen atoms in total. The summed E-state index contributed by atoms with van der Waals surface area (Å²) in [5.74, 6) is 2.61. The zero-order valence-corrected chi connectivity index (χ0v) is 10.8. The van der Waals surface area contributed by atoms with Crippen molar-refractivity contribution >= 4 is 17.7 Å². The maximum Gasteiger partial charge on any atom is 0.227 e. The highest BCUT2D eigenvalue weighted by Crippen LogP contribution is 2.39. The average Bonchev–Trinajstić information content (AvgIpc) is 2.14. The Bertz CT molecular complexity index is 218. The molecule has 0 heterocycles. The Balaban J connectivity index is 2.50. The summed E-state index contributed by atoms with van der Waals surface area (Å²) in [6.45, 7) is 6.89. The van der Waals surface area contributed by atoms with E-state index in [4.69, 9.17) is 5.73 Å². The van der Waals surface area contributed by atoms with Gasteiger partial charge in [-0.1, -0.05) is 27.2 Å². The molecule has 0 saturated heterocycles. The molecular weight excluding hydrogens is 206 g/mol. The Kier molecular flexibility index (Phi) is 4.97. The molecule has 0 spiro atoms. The number of rotatable bonds is 4. The van der Waals surface area contributed by atoms with Crippen LogP contribution in [0.5, 0.6) is 0 Å². The van der Waals surface area contributed by atoms with Crippen LogP contribution in [0, 0.1) is 17.8 Å². The highest BCUT2D eigenvalue weighted by molar-refractivity contribution is 8.00. The molecule has 1 saturated carbocycles. The van der Waals surface area contributed by atoms with E-state index in [0.29, 0.717) is 11.0 Å². The van der Waals surface area contributed by atoms with Crippen molar-refractivity contribution in [2.24, 2.45) is 23.5 Å². The molecular formula is C12H23NOS. The quantitative estimate of drug-likeness (QED) is 0.805. The Morgan fingerprint density at radius 2 is 2.13 bits per heavy atom. The van der Waals surface area contributed by atoms with Crippen LogP contribution in [0.3, 0.4) is 0 Å². The molecule has 0 bridgehead atoms. The predicted molar refractivity (Wildman–Crippen MR) is 66.8 cm³/mol. The number of hydrogen-bond acceptors (Lipinski definition) is 2. The number of thioether (sulfide) groups is 1. The van der Waals surface area contributed by atoms with E-state index >= 15 is 0 Å². The fraction of sp³-hybridized carbons (Fsp3) is 0.917. The fourth-order valence-corrected chi connectivity index (χ4v) is 4.04. The molecule has 1 aliphatic carbocycles. The van der Waals surface area contributed by atoms with E-state index in [1.165, 1.54) is 19.3 Å². The smallest absolute Gasteiger partial charge is 0.227 e. The van der Waals surface area contributed by atoms with Gasteiger partial charge < -0.3 is 5.73 Å². The van der Waals surface area contributed by atoms with Crippen molar-refractivity contribution in [3.63, 3.8) is 0 Å². The van der Waals surface area contributed by atoms with Crippen molar-refractivity contribution in [2.45, 2.75) is 45.3 Å². The molecule has 88 valence electrons. The zero-order valence-electron chi connectivity index (χ0n) is 10.0. The lowest BCUT2D eigenvalue weighted by Crippen LogP contribution is -2.31. The van der Waals surface area contributed by atoms with Crippen molar-refractivity contribution in [2.75, 3.05) is 5.75 Å². The molecule has 0 aromatic heterocycles. The minimum atomic E-state index is -0.180. The fourth-order valence-electron chi connectivity index (χ4n) is 2.50. The third kappa shape index (κ3) is 4.06. The van der Waals surface area contributed by atoms with Crippen LogP contribution < -0.4 is 5.73 Å². The second kappa shape index (κ2) is 5.78. The van der Waals surface area contributed by atoms with E-state index in [9.17, 15) is 4.79 Å². The van der Waals surface area contributed by atoms with Gasteiger partial charge in [-0.15, -0.1) is 11.8 Å². The number of primary amides is 1. The van der Waals surface area contributed by atoms with E-state index in [1.54, 1.807) is 11.8 Å². The highest BCUT2D eigenvalue weighted by Gasteiger charge is 2.30. The lowest BCUT2D eigenvalue weighted by Gasteiger charge is -2.36. The van der Waals surface area contributed by atoms with Crippen molar-refractivity contribution in [3.05, 3.63) is 0 Å². The summed E-state index contributed by atoms with van der Waals surface area (Å²) in [5, 5.41) is 0.640. The summed E-state index contributed by atoms with van der Waals surface area (Å²) in [4.78, 5) is 10.8. The maximum atomic E-state index is 10.8. The second-order valence-corrected chi connectivity index (χ2v) is 6.37. The van der Waals surface area contributed by atoms with Gasteiger partial charge in [0.25, 0.3) is 0 Å². The van der Waals surface area contributed by atoms with Gasteiger partial charge in [-0.25, -0.2) is 0 Å². The van der Waals surface area contributed by atoms with Crippen LogP contribution >= 0.6 is 11.8 Å². The molecule has 1 amide bonds. The van der Waals surface area contributed by atoms with Crippen molar-refractivity contribution in [3.8, 4) is 0 Å². The first-order valence-corrected chi connectivity index (χ1v) is 6.95. The minimum Gasteiger partial charge on any atom is -0.369 e. The van der Waals surface area contributed by atoms with Gasteiger partial charge in [0.1, 0.15) is 0 Å². The van der Waals surface area contributed by atoms with E-state index in [0.717, 1.165) is 17.8 Å². The molecule has 15 heavy (non-hydrogen) atoms. The molecule has 3 unspecified atom stereocenters. The first kappa shape index (κ1) is 12.9. The van der Waals surface area contributed by atoms with Gasteiger partial charge in [0, 0.05) is 5.25 Å². The summed E-state index contributed by atoms with van der Waals surface area (Å²) in [6.07, 6.45) is 3.91. The molecule has 1 rings (SSSR count). The van der Waals surface area contributed by atoms with E-state index in [-0.39, 0.29) is 5.91 Å². The maximum absolute atomic E-state index is 10.8. The van der Waals surface area contributed by atoms with Gasteiger partial charge in [0.15, 0.2) is 0 Å². The van der Waals surface area contributed by atoms with E-state index < -0.39 is 0 Å². The Labute approximate surface area is 97.4 Å². The first-order valence-electron chi connectivity index (χ1n) is 5.90. The third-order valence-corrected chi connectivity index (χ3v) is 4.82. The molecule has 3 atom stereocenters. The van der Waals surface area contributed by atoms with Crippen LogP contribution in [0.1, 0.15) is 40.0 Å². The number of carbonyl (C=O) groups excluding carboxylic acids is 1. The van der Waals surface area contributed by atoms with Crippen LogP contribution in [-0.4, -0.2) is 16.9 Å². The summed E-state index contributed by atoms with van der Waals surface area (Å²) >= 11 is 1.77. The molecule has 2 N–H and O–H groups in total. The molecule has 0 aromatic carbocycles. The number of hydrogen-bond donors (Lipinski definition) is 1. The molecule has 1 aliphatic rings. The predicted octanol–water partition coefficient (Wildman–Crippen LogP) is 2.67. The van der Waals surface area contributed by atoms with Gasteiger partial charge >= 0.3 is 0 Å². The molecule has 0 aliphatic heterocycles. The normalized spacial score (nSPS) is 31.9. The third-order valence-electron chi connectivity index (χ3n) is 3.40. The van der Waals surface area contributed by atoms with Crippen LogP contribution in [0.2, 0.25) is 0 Å². The van der Waals surface area contributed by atoms with Gasteiger partial charge in [-0.3, -0.25) is 4.79 Å². The van der Waals surface area contributed by atoms with Gasteiger partial charge in [0.2, 0.25) is 5.91 Å². The van der Waals surface area contributed by atoms with Crippen molar-refractivity contribution in [1.82, 2.24) is 0 Å². The van der Waals surface area contributed by atoms with Gasteiger partial charge in [-0.2, -0.15) is 0 Å². The lowest BCUT2D eigenvalue weighted by molar-refractivity contribution is -0.115. The zero-order chi connectivity index (χ0) is 11.4. The second-order valence-electron chi connectivity index (χ2n) is 5.14. The molecule has 0 aromatic rings. The monoisotopic (exact) mass is 229 g/mol. The topological polar surface area (TPSA) is 43.1 Å². The highest BCUT2D eigenvalue weighted by atomic mass is 32.2. The van der Waals surface area contributed by atoms with Gasteiger partial charge in [-0.05, 0) is 30.6 Å². The van der Waals surface area contributed by atoms with Crippen LogP contribution in [0.25, 0.3) is 0 Å². The Hall–Kier alpha value is -0.180. The summed E-state index contributed by atoms with van der Waals surface area (Å²) in [5.41, 5.74) is 5.21. The molecule has 3 heteroatoms. The van der Waals surface area contributed by atoms with Gasteiger partial charge in [0.05, 0.1) is 5.75 Å². The first-order chi connectivity index (χ1) is 7.00. The van der Waals surface area contributed by atoms with E-state index in [2.05, 4.69) is 20.8 Å². The Morgan fingerprint density at radius 3 is 2.67 bits per heavy atom. The standard InChI is InChI=1S/C12H23NOS/c1-8(2)10-5-4-9(3)6-11(10)15-7-12(13)14/h8-11H,4-7H2,1-3H3,(H2,13,14). The minimum absolute atomic E-state index is 0.180. The average molecular weight is 229 g/mol. The number of carbonyl (C=O) groups is 1. The summed E-state index contributed by atoms with van der Waals surface area (Å²) in [7, 11) is 0. The number of amides is 1. The molecule has 1 fully saturated rings. The van der Waals surface area contributed by atoms with Crippen molar-refractivity contribution in [1.29, 1.82) is 0 Å². The van der Waals surface area contributed by atoms with Crippen molar-refractivity contribution < 1.29 is 4.79 Å². The lowest BCUT2D eigenvalue weighted by atomic mass is 9.77. The SMILES string of the molecule is CC1CCC(C(C)C)C(SCC(N)=O)C1. The summed E-state index contributed by atoms with van der Waals surface area (Å²) < 4.78 is 0. The number of nitrogens with two attached hydrogens (primary N) is 1. The van der Waals surface area contributed by atoms with Crippen LogP contribution in [0.15, 0.2) is 0 Å². The van der Waals surface area contributed by atoms with Crippen LogP contribution in [0.4, 0.5) is 0 Å². The van der Waals surface area contributed by atoms with Crippen LogP contribution in [-0.2, 0) is 4.79 Å². The largest absolute Gasteiger partial charge is 0.369 e.